The maximum absolute atomic E-state index is 12.9. The number of fused-ring (bicyclic) bond motifs is 1. The second-order valence-electron chi connectivity index (χ2n) is 8.00. The van der Waals surface area contributed by atoms with Crippen LogP contribution in [0.15, 0.2) is 24.5 Å². The molecule has 1 aromatic carbocycles. The molecule has 1 atom stereocenters. The van der Waals surface area contributed by atoms with E-state index in [1.54, 1.807) is 7.11 Å². The lowest BCUT2D eigenvalue weighted by atomic mass is 10.1. The molecule has 3 N–H and O–H groups in total. The molecule has 1 aliphatic carbocycles. The highest BCUT2D eigenvalue weighted by Gasteiger charge is 2.24. The highest BCUT2D eigenvalue weighted by Crippen LogP contribution is 2.37. The molecular weight excluding hydrogens is 430 g/mol. The van der Waals surface area contributed by atoms with Crippen molar-refractivity contribution in [2.75, 3.05) is 13.7 Å². The number of carbonyl (C=O) groups excluding carboxylic acids is 1. The van der Waals surface area contributed by atoms with Gasteiger partial charge in [0.25, 0.3) is 5.91 Å². The van der Waals surface area contributed by atoms with Crippen LogP contribution in [0.2, 0.25) is 0 Å². The number of aryl methyl sites for hydroxylation is 1. The zero-order chi connectivity index (χ0) is 22.0. The van der Waals surface area contributed by atoms with Gasteiger partial charge in [-0.15, -0.1) is 12.4 Å². The standard InChI is InChI=1S/C23H27N5O3.ClH/c1-13(8-9-24)27-23(29)19-14(2)28-22-20(25-12-26-21(19)22)17-7-6-16(10-18(17)30-3)31-11-15-4-5-15;/h6-7,9-10,12-13,15,24,28H,4-5,8,11H2,1-3H3,(H,27,29);1H/t13-;/m1./s1. The second kappa shape index (κ2) is 9.99. The van der Waals surface area contributed by atoms with Crippen molar-refractivity contribution >= 4 is 35.6 Å². The van der Waals surface area contributed by atoms with Crippen LogP contribution < -0.4 is 14.8 Å². The van der Waals surface area contributed by atoms with Gasteiger partial charge < -0.3 is 25.2 Å². The molecule has 3 aromatic rings. The highest BCUT2D eigenvalue weighted by molar-refractivity contribution is 6.09. The van der Waals surface area contributed by atoms with E-state index in [-0.39, 0.29) is 24.4 Å². The van der Waals surface area contributed by atoms with E-state index in [0.717, 1.165) is 17.9 Å². The fourth-order valence-corrected chi connectivity index (χ4v) is 3.59. The number of aromatic nitrogens is 3. The largest absolute Gasteiger partial charge is 0.496 e. The molecule has 9 heteroatoms. The molecule has 4 rings (SSSR count). The van der Waals surface area contributed by atoms with E-state index in [4.69, 9.17) is 14.9 Å². The molecule has 0 aliphatic heterocycles. The number of amides is 1. The zero-order valence-corrected chi connectivity index (χ0v) is 19.2. The van der Waals surface area contributed by atoms with Crippen LogP contribution >= 0.6 is 12.4 Å². The summed E-state index contributed by atoms with van der Waals surface area (Å²) in [6.07, 6.45) is 5.68. The zero-order valence-electron chi connectivity index (χ0n) is 18.4. The van der Waals surface area contributed by atoms with Gasteiger partial charge in [0.05, 0.1) is 24.8 Å². The van der Waals surface area contributed by atoms with Crippen LogP contribution in [-0.2, 0) is 0 Å². The first-order valence-corrected chi connectivity index (χ1v) is 10.5. The number of benzene rings is 1. The molecule has 0 radical (unpaired) electrons. The summed E-state index contributed by atoms with van der Waals surface area (Å²) in [5, 5.41) is 10.2. The maximum Gasteiger partial charge on any atom is 0.255 e. The molecule has 32 heavy (non-hydrogen) atoms. The average molecular weight is 458 g/mol. The van der Waals surface area contributed by atoms with Crippen molar-refractivity contribution < 1.29 is 14.3 Å². The summed E-state index contributed by atoms with van der Waals surface area (Å²) >= 11 is 0. The molecule has 1 saturated carbocycles. The van der Waals surface area contributed by atoms with Crippen molar-refractivity contribution in [2.24, 2.45) is 5.92 Å². The van der Waals surface area contributed by atoms with Crippen molar-refractivity contribution in [3.8, 4) is 22.8 Å². The first-order valence-electron chi connectivity index (χ1n) is 10.5. The van der Waals surface area contributed by atoms with Crippen molar-refractivity contribution in [3.05, 3.63) is 35.8 Å². The Morgan fingerprint density at radius 2 is 2.16 bits per heavy atom. The lowest BCUT2D eigenvalue weighted by Crippen LogP contribution is -2.33. The van der Waals surface area contributed by atoms with E-state index < -0.39 is 0 Å². The third kappa shape index (κ3) is 4.85. The third-order valence-electron chi connectivity index (χ3n) is 5.46. The van der Waals surface area contributed by atoms with Crippen molar-refractivity contribution in [1.29, 1.82) is 5.41 Å². The van der Waals surface area contributed by atoms with Crippen LogP contribution in [0.1, 0.15) is 42.2 Å². The van der Waals surface area contributed by atoms with Crippen molar-refractivity contribution in [3.63, 3.8) is 0 Å². The minimum Gasteiger partial charge on any atom is -0.496 e. The van der Waals surface area contributed by atoms with E-state index in [2.05, 4.69) is 20.3 Å². The van der Waals surface area contributed by atoms with Gasteiger partial charge in [-0.25, -0.2) is 9.97 Å². The molecule has 170 valence electrons. The summed E-state index contributed by atoms with van der Waals surface area (Å²) in [6.45, 7) is 4.43. The molecular formula is C23H28ClN5O3. The predicted octanol–water partition coefficient (Wildman–Crippen LogP) is 4.31. The number of carbonyl (C=O) groups is 1. The topological polar surface area (TPSA) is 113 Å². The Kier molecular flexibility index (Phi) is 7.35. The Labute approximate surface area is 193 Å². The van der Waals surface area contributed by atoms with E-state index >= 15 is 0 Å². The summed E-state index contributed by atoms with van der Waals surface area (Å²) in [7, 11) is 1.62. The smallest absolute Gasteiger partial charge is 0.255 e. The summed E-state index contributed by atoms with van der Waals surface area (Å²) in [6, 6.07) is 5.56. The van der Waals surface area contributed by atoms with Crippen molar-refractivity contribution in [2.45, 2.75) is 39.2 Å². The number of hydrogen-bond donors (Lipinski definition) is 3. The molecule has 0 saturated heterocycles. The minimum absolute atomic E-state index is 0. The van der Waals surface area contributed by atoms with Crippen LogP contribution in [0.25, 0.3) is 22.3 Å². The monoisotopic (exact) mass is 457 g/mol. The molecule has 0 bridgehead atoms. The number of nitrogens with one attached hydrogen (secondary N) is 3. The molecule has 1 fully saturated rings. The number of hydrogen-bond acceptors (Lipinski definition) is 6. The number of aromatic amines is 1. The molecule has 1 amide bonds. The molecule has 0 spiro atoms. The average Bonchev–Trinajstić information content (AvgIpc) is 3.52. The number of halogens is 1. The molecule has 0 unspecified atom stereocenters. The van der Waals surface area contributed by atoms with Gasteiger partial charge in [-0.3, -0.25) is 4.79 Å². The number of nitrogens with zero attached hydrogens (tertiary/aromatic N) is 2. The lowest BCUT2D eigenvalue weighted by molar-refractivity contribution is 0.0942. The van der Waals surface area contributed by atoms with Gasteiger partial charge in [0.1, 0.15) is 29.0 Å². The van der Waals surface area contributed by atoms with Gasteiger partial charge >= 0.3 is 0 Å². The van der Waals surface area contributed by atoms with Gasteiger partial charge in [-0.05, 0) is 51.0 Å². The maximum atomic E-state index is 12.9. The van der Waals surface area contributed by atoms with E-state index in [1.165, 1.54) is 25.4 Å². The fourth-order valence-electron chi connectivity index (χ4n) is 3.59. The quantitative estimate of drug-likeness (QED) is 0.414. The fraction of sp³-hybridized carbons (Fsp3) is 0.391. The van der Waals surface area contributed by atoms with Crippen LogP contribution in [0.5, 0.6) is 11.5 Å². The molecule has 2 heterocycles. The number of H-pyrrole nitrogens is 1. The van der Waals surface area contributed by atoms with Gasteiger partial charge in [0.15, 0.2) is 0 Å². The van der Waals surface area contributed by atoms with Crippen molar-refractivity contribution in [1.82, 2.24) is 20.3 Å². The number of rotatable bonds is 9. The van der Waals surface area contributed by atoms with Gasteiger partial charge in [-0.1, -0.05) is 0 Å². The Morgan fingerprint density at radius 3 is 2.84 bits per heavy atom. The third-order valence-corrected chi connectivity index (χ3v) is 5.46. The first kappa shape index (κ1) is 23.5. The number of ether oxygens (including phenoxy) is 2. The van der Waals surface area contributed by atoms with E-state index in [0.29, 0.717) is 46.1 Å². The van der Waals surface area contributed by atoms with Gasteiger partial charge in [-0.2, -0.15) is 0 Å². The van der Waals surface area contributed by atoms with Crippen LogP contribution in [0, 0.1) is 18.3 Å². The van der Waals surface area contributed by atoms with Crippen LogP contribution in [0.3, 0.4) is 0 Å². The molecule has 2 aromatic heterocycles. The van der Waals surface area contributed by atoms with Gasteiger partial charge in [0, 0.05) is 29.8 Å². The molecule has 1 aliphatic rings. The first-order chi connectivity index (χ1) is 15.0. The molecule has 8 nitrogen and oxygen atoms in total. The summed E-state index contributed by atoms with van der Waals surface area (Å²) in [5.74, 6) is 1.85. The Morgan fingerprint density at radius 1 is 1.38 bits per heavy atom. The normalized spacial score (nSPS) is 13.8. The number of methoxy groups -OCH3 is 1. The van der Waals surface area contributed by atoms with Crippen LogP contribution in [-0.4, -0.2) is 46.8 Å². The Balaban J connectivity index is 0.00000289. The highest BCUT2D eigenvalue weighted by atomic mass is 35.5. The predicted molar refractivity (Wildman–Crippen MR) is 126 cm³/mol. The second-order valence-corrected chi connectivity index (χ2v) is 8.00. The van der Waals surface area contributed by atoms with E-state index in [9.17, 15) is 4.79 Å². The minimum atomic E-state index is -0.224. The lowest BCUT2D eigenvalue weighted by Gasteiger charge is -2.12. The van der Waals surface area contributed by atoms with E-state index in [1.807, 2.05) is 32.0 Å². The SMILES string of the molecule is COc1cc(OCC2CC2)ccc1-c1ncnc2c(C(=O)N[C@H](C)CC=N)c(C)[nH]c12.Cl. The van der Waals surface area contributed by atoms with Crippen LogP contribution in [0.4, 0.5) is 0 Å². The summed E-state index contributed by atoms with van der Waals surface area (Å²) < 4.78 is 11.5. The Hall–Kier alpha value is -3.13. The summed E-state index contributed by atoms with van der Waals surface area (Å²) in [5.41, 5.74) is 3.87. The summed E-state index contributed by atoms with van der Waals surface area (Å²) in [4.78, 5) is 25.0. The van der Waals surface area contributed by atoms with Gasteiger partial charge in [0.2, 0.25) is 0 Å². The Bertz CT molecular complexity index is 1130.